The Balaban J connectivity index is 1.87. The van der Waals surface area contributed by atoms with Crippen molar-refractivity contribution in [1.29, 1.82) is 0 Å². The Morgan fingerprint density at radius 2 is 2.00 bits per heavy atom. The van der Waals surface area contributed by atoms with E-state index < -0.39 is 0 Å². The molecule has 1 saturated carbocycles. The average molecular weight is 238 g/mol. The Morgan fingerprint density at radius 3 is 2.41 bits per heavy atom. The van der Waals surface area contributed by atoms with Gasteiger partial charge in [-0.1, -0.05) is 13.8 Å². The van der Waals surface area contributed by atoms with Crippen molar-refractivity contribution in [2.45, 2.75) is 52.6 Å². The normalized spacial score (nSPS) is 31.5. The van der Waals surface area contributed by atoms with Gasteiger partial charge in [-0.2, -0.15) is 0 Å². The fourth-order valence-electron chi connectivity index (χ4n) is 2.56. The van der Waals surface area contributed by atoms with Gasteiger partial charge in [-0.3, -0.25) is 14.5 Å². The second-order valence-corrected chi connectivity index (χ2v) is 6.25. The lowest BCUT2D eigenvalue weighted by Crippen LogP contribution is -2.42. The van der Waals surface area contributed by atoms with Gasteiger partial charge in [-0.25, -0.2) is 0 Å². The molecule has 0 aromatic heterocycles. The molecule has 1 saturated heterocycles. The minimum atomic E-state index is -0.290. The van der Waals surface area contributed by atoms with Gasteiger partial charge in [0.2, 0.25) is 11.8 Å². The first-order valence-electron chi connectivity index (χ1n) is 6.42. The summed E-state index contributed by atoms with van der Waals surface area (Å²) < 4.78 is 0. The molecule has 2 fully saturated rings. The van der Waals surface area contributed by atoms with Gasteiger partial charge >= 0.3 is 0 Å². The molecule has 1 aliphatic heterocycles. The smallest absolute Gasteiger partial charge is 0.247 e. The topological polar surface area (TPSA) is 49.4 Å². The predicted molar refractivity (Wildman–Crippen MR) is 65.3 cm³/mol. The molecule has 2 amide bonds. The summed E-state index contributed by atoms with van der Waals surface area (Å²) >= 11 is 0. The highest BCUT2D eigenvalue weighted by atomic mass is 16.2. The average Bonchev–Trinajstić information content (AvgIpc) is 2.68. The number of rotatable bonds is 4. The molecule has 0 bridgehead atoms. The lowest BCUT2D eigenvalue weighted by atomic mass is 10.1. The summed E-state index contributed by atoms with van der Waals surface area (Å²) in [4.78, 5) is 25.1. The van der Waals surface area contributed by atoms with Crippen LogP contribution in [-0.2, 0) is 9.59 Å². The maximum Gasteiger partial charge on any atom is 0.247 e. The van der Waals surface area contributed by atoms with Crippen molar-refractivity contribution in [3.05, 3.63) is 0 Å². The van der Waals surface area contributed by atoms with Gasteiger partial charge in [-0.05, 0) is 38.1 Å². The minimum absolute atomic E-state index is 0.0286. The molecule has 2 rings (SSSR count). The van der Waals surface area contributed by atoms with Crippen LogP contribution in [0.15, 0.2) is 0 Å². The van der Waals surface area contributed by atoms with Crippen LogP contribution in [0.5, 0.6) is 0 Å². The Labute approximate surface area is 103 Å². The van der Waals surface area contributed by atoms with E-state index in [1.54, 1.807) is 0 Å². The zero-order valence-corrected chi connectivity index (χ0v) is 11.1. The molecule has 0 radical (unpaired) electrons. The molecule has 2 aliphatic rings. The van der Waals surface area contributed by atoms with Crippen LogP contribution in [-0.4, -0.2) is 35.3 Å². The van der Waals surface area contributed by atoms with E-state index in [4.69, 9.17) is 0 Å². The van der Waals surface area contributed by atoms with E-state index in [2.05, 4.69) is 19.2 Å². The lowest BCUT2D eigenvalue weighted by Gasteiger charge is -2.19. The third-order valence-corrected chi connectivity index (χ3v) is 4.03. The van der Waals surface area contributed by atoms with Crippen LogP contribution >= 0.6 is 0 Å². The van der Waals surface area contributed by atoms with Crippen molar-refractivity contribution in [3.8, 4) is 0 Å². The summed E-state index contributed by atoms with van der Waals surface area (Å²) in [5.41, 5.74) is 0.413. The van der Waals surface area contributed by atoms with E-state index in [1.165, 1.54) is 11.3 Å². The Bertz CT molecular complexity index is 349. The number of nitrogens with zero attached hydrogens (tertiary/aromatic N) is 1. The SMILES string of the molecule is CC(C)N1C(=O)CC(NCC2CC2(C)C)C1=O. The first-order chi connectivity index (χ1) is 7.83. The molecule has 0 aromatic carbocycles. The second-order valence-electron chi connectivity index (χ2n) is 6.25. The van der Waals surface area contributed by atoms with E-state index in [0.29, 0.717) is 17.8 Å². The summed E-state index contributed by atoms with van der Waals surface area (Å²) in [5.74, 6) is 0.555. The summed E-state index contributed by atoms with van der Waals surface area (Å²) in [6.07, 6.45) is 1.53. The molecule has 2 unspecified atom stereocenters. The van der Waals surface area contributed by atoms with Gasteiger partial charge in [0.15, 0.2) is 0 Å². The Morgan fingerprint density at radius 1 is 1.41 bits per heavy atom. The van der Waals surface area contributed by atoms with Crippen molar-refractivity contribution in [1.82, 2.24) is 10.2 Å². The molecule has 1 aliphatic carbocycles. The quantitative estimate of drug-likeness (QED) is 0.748. The molecule has 0 aromatic rings. The number of carbonyl (C=O) groups excluding carboxylic acids is 2. The fourth-order valence-corrected chi connectivity index (χ4v) is 2.56. The van der Waals surface area contributed by atoms with Crippen molar-refractivity contribution < 1.29 is 9.59 Å². The van der Waals surface area contributed by atoms with E-state index in [9.17, 15) is 9.59 Å². The van der Waals surface area contributed by atoms with Crippen molar-refractivity contribution in [2.24, 2.45) is 11.3 Å². The molecule has 0 spiro atoms. The third kappa shape index (κ3) is 2.37. The second kappa shape index (κ2) is 4.09. The molecular formula is C13H22N2O2. The summed E-state index contributed by atoms with van der Waals surface area (Å²) in [7, 11) is 0. The largest absolute Gasteiger partial charge is 0.305 e. The monoisotopic (exact) mass is 238 g/mol. The van der Waals surface area contributed by atoms with Crippen LogP contribution in [0.2, 0.25) is 0 Å². The molecule has 1 N–H and O–H groups in total. The maximum absolute atomic E-state index is 12.0. The Kier molecular flexibility index (Phi) is 3.02. The van der Waals surface area contributed by atoms with Crippen LogP contribution < -0.4 is 5.32 Å². The van der Waals surface area contributed by atoms with Crippen LogP contribution in [0, 0.1) is 11.3 Å². The number of imide groups is 1. The number of hydrogen-bond donors (Lipinski definition) is 1. The van der Waals surface area contributed by atoms with Gasteiger partial charge in [-0.15, -0.1) is 0 Å². The summed E-state index contributed by atoms with van der Waals surface area (Å²) in [5, 5.41) is 3.25. The highest BCUT2D eigenvalue weighted by molar-refractivity contribution is 6.05. The molecule has 1 heterocycles. The molecule has 96 valence electrons. The molecule has 4 nitrogen and oxygen atoms in total. The van der Waals surface area contributed by atoms with Gasteiger partial charge in [0, 0.05) is 6.04 Å². The van der Waals surface area contributed by atoms with Crippen LogP contribution in [0.1, 0.15) is 40.5 Å². The highest BCUT2D eigenvalue weighted by Crippen LogP contribution is 2.51. The first-order valence-corrected chi connectivity index (χ1v) is 6.42. The Hall–Kier alpha value is -0.900. The first kappa shape index (κ1) is 12.6. The molecular weight excluding hydrogens is 216 g/mol. The van der Waals surface area contributed by atoms with E-state index in [-0.39, 0.29) is 23.9 Å². The fraction of sp³-hybridized carbons (Fsp3) is 0.846. The number of amides is 2. The van der Waals surface area contributed by atoms with Crippen molar-refractivity contribution in [2.75, 3.05) is 6.54 Å². The van der Waals surface area contributed by atoms with Crippen LogP contribution in [0.3, 0.4) is 0 Å². The van der Waals surface area contributed by atoms with Gasteiger partial charge in [0.05, 0.1) is 12.5 Å². The summed E-state index contributed by atoms with van der Waals surface area (Å²) in [6.45, 7) is 9.08. The minimum Gasteiger partial charge on any atom is -0.305 e. The molecule has 2 atom stereocenters. The third-order valence-electron chi connectivity index (χ3n) is 4.03. The molecule has 4 heteroatoms. The van der Waals surface area contributed by atoms with Gasteiger partial charge in [0.1, 0.15) is 0 Å². The predicted octanol–water partition coefficient (Wildman–Crippen LogP) is 1.16. The highest BCUT2D eigenvalue weighted by Gasteiger charge is 2.46. The number of hydrogen-bond acceptors (Lipinski definition) is 3. The van der Waals surface area contributed by atoms with Crippen molar-refractivity contribution >= 4 is 11.8 Å². The van der Waals surface area contributed by atoms with Crippen LogP contribution in [0.25, 0.3) is 0 Å². The maximum atomic E-state index is 12.0. The molecule has 17 heavy (non-hydrogen) atoms. The van der Waals surface area contributed by atoms with E-state index in [0.717, 1.165) is 6.54 Å². The van der Waals surface area contributed by atoms with Crippen molar-refractivity contribution in [3.63, 3.8) is 0 Å². The number of likely N-dealkylation sites (tertiary alicyclic amines) is 1. The van der Waals surface area contributed by atoms with E-state index >= 15 is 0 Å². The lowest BCUT2D eigenvalue weighted by molar-refractivity contribution is -0.140. The zero-order valence-electron chi connectivity index (χ0n) is 11.1. The van der Waals surface area contributed by atoms with Crippen LogP contribution in [0.4, 0.5) is 0 Å². The standard InChI is InChI=1S/C13H22N2O2/c1-8(2)15-11(16)5-10(12(15)17)14-7-9-6-13(9,3)4/h8-10,14H,5-7H2,1-4H3. The summed E-state index contributed by atoms with van der Waals surface area (Å²) in [6, 6.07) is -0.319. The zero-order chi connectivity index (χ0) is 12.8. The van der Waals surface area contributed by atoms with Gasteiger partial charge in [0.25, 0.3) is 0 Å². The van der Waals surface area contributed by atoms with E-state index in [1.807, 2.05) is 13.8 Å². The number of nitrogens with one attached hydrogen (secondary N) is 1. The number of carbonyl (C=O) groups is 2. The van der Waals surface area contributed by atoms with Gasteiger partial charge < -0.3 is 5.32 Å².